The Balaban J connectivity index is 2.95. The Hall–Kier alpha value is -1.31. The van der Waals surface area contributed by atoms with Crippen molar-refractivity contribution in [2.45, 2.75) is 0 Å². The van der Waals surface area contributed by atoms with E-state index < -0.39 is 0 Å². The van der Waals surface area contributed by atoms with E-state index in [1.165, 1.54) is 6.07 Å². The van der Waals surface area contributed by atoms with E-state index in [0.29, 0.717) is 5.52 Å². The Morgan fingerprint density at radius 3 is 3.10 bits per heavy atom. The number of aromatic nitrogens is 1. The average molecular weight is 134 g/mol. The van der Waals surface area contributed by atoms with Crippen LogP contribution < -0.4 is 0 Å². The molecule has 1 nitrogen and oxygen atoms in total. The van der Waals surface area contributed by atoms with Crippen molar-refractivity contribution in [1.29, 1.82) is 0 Å². The van der Waals surface area contributed by atoms with Crippen LogP contribution in [0.2, 0.25) is 0 Å². The molecule has 0 amide bonds. The lowest BCUT2D eigenvalue weighted by Gasteiger charge is -1.88. The van der Waals surface area contributed by atoms with Crippen molar-refractivity contribution in [2.75, 3.05) is 0 Å². The summed E-state index contributed by atoms with van der Waals surface area (Å²) in [6, 6.07) is 7.57. The normalized spacial score (nSPS) is 10.5. The van der Waals surface area contributed by atoms with Gasteiger partial charge in [0, 0.05) is 11.6 Å². The number of aromatic amines is 1. The highest BCUT2D eigenvalue weighted by molar-refractivity contribution is 5.79. The fourth-order valence-electron chi connectivity index (χ4n) is 0.985. The zero-order chi connectivity index (χ0) is 6.97. The Kier molecular flexibility index (Phi) is 1.01. The number of H-pyrrole nitrogens is 1. The molecule has 49 valence electrons. The van der Waals surface area contributed by atoms with Gasteiger partial charge in [-0.2, -0.15) is 0 Å². The van der Waals surface area contributed by atoms with Gasteiger partial charge in [0.05, 0.1) is 5.52 Å². The zero-order valence-corrected chi connectivity index (χ0v) is 5.19. The minimum atomic E-state index is -0.248. The third-order valence-electron chi connectivity index (χ3n) is 1.47. The molecule has 10 heavy (non-hydrogen) atoms. The maximum atomic E-state index is 12.8. The summed E-state index contributed by atoms with van der Waals surface area (Å²) in [5, 5.41) is 0.861. The van der Waals surface area contributed by atoms with Crippen molar-refractivity contribution in [3.63, 3.8) is 0 Å². The van der Waals surface area contributed by atoms with Crippen molar-refractivity contribution in [3.8, 4) is 0 Å². The summed E-state index contributed by atoms with van der Waals surface area (Å²) < 4.78 is 12.8. The molecule has 2 heteroatoms. The van der Waals surface area contributed by atoms with Crippen LogP contribution in [0.4, 0.5) is 4.39 Å². The van der Waals surface area contributed by atoms with Gasteiger partial charge in [-0.1, -0.05) is 0 Å². The lowest BCUT2D eigenvalue weighted by molar-refractivity contribution is 0.637. The quantitative estimate of drug-likeness (QED) is 0.568. The van der Waals surface area contributed by atoms with Crippen LogP contribution in [0.15, 0.2) is 24.4 Å². The van der Waals surface area contributed by atoms with E-state index in [0.717, 1.165) is 5.39 Å². The molecular formula is C8H5FN. The standard InChI is InChI=1S/C8H5FN/c9-7-3-1-2-6-4-5-10-8(6)7/h2-5,10H. The Morgan fingerprint density at radius 1 is 1.40 bits per heavy atom. The first-order valence-electron chi connectivity index (χ1n) is 3.00. The van der Waals surface area contributed by atoms with Gasteiger partial charge >= 0.3 is 0 Å². The Morgan fingerprint density at radius 2 is 2.30 bits per heavy atom. The predicted octanol–water partition coefficient (Wildman–Crippen LogP) is 2.11. The summed E-state index contributed by atoms with van der Waals surface area (Å²) in [6.07, 6.45) is 1.71. The minimum absolute atomic E-state index is 0.248. The molecule has 1 N–H and O–H groups in total. The summed E-state index contributed by atoms with van der Waals surface area (Å²) in [7, 11) is 0. The average Bonchev–Trinajstić information content (AvgIpc) is 2.36. The number of rotatable bonds is 0. The molecule has 0 aliphatic carbocycles. The van der Waals surface area contributed by atoms with Gasteiger partial charge in [-0.25, -0.2) is 4.39 Å². The molecule has 0 fully saturated rings. The van der Waals surface area contributed by atoms with E-state index >= 15 is 0 Å². The number of halogens is 1. The molecule has 0 atom stereocenters. The molecular weight excluding hydrogens is 129 g/mol. The second-order valence-electron chi connectivity index (χ2n) is 2.11. The van der Waals surface area contributed by atoms with E-state index in [2.05, 4.69) is 11.1 Å². The topological polar surface area (TPSA) is 15.8 Å². The summed E-state index contributed by atoms with van der Waals surface area (Å²) in [4.78, 5) is 2.79. The fourth-order valence-corrected chi connectivity index (χ4v) is 0.985. The first kappa shape index (κ1) is 5.47. The van der Waals surface area contributed by atoms with Gasteiger partial charge < -0.3 is 4.98 Å². The fraction of sp³-hybridized carbons (Fsp3) is 0. The van der Waals surface area contributed by atoms with Gasteiger partial charge in [-0.05, 0) is 24.3 Å². The lowest BCUT2D eigenvalue weighted by atomic mass is 10.2. The number of hydrogen-bond acceptors (Lipinski definition) is 0. The minimum Gasteiger partial charge on any atom is -0.359 e. The zero-order valence-electron chi connectivity index (χ0n) is 5.19. The number of benzene rings is 1. The van der Waals surface area contributed by atoms with Gasteiger partial charge in [-0.3, -0.25) is 0 Å². The SMILES string of the molecule is Fc1c[c]cc2cc[nH]c12. The molecule has 0 spiro atoms. The molecule has 0 aliphatic rings. The van der Waals surface area contributed by atoms with Crippen LogP contribution in [-0.2, 0) is 0 Å². The van der Waals surface area contributed by atoms with Crippen LogP contribution in [0.3, 0.4) is 0 Å². The van der Waals surface area contributed by atoms with Crippen LogP contribution >= 0.6 is 0 Å². The molecule has 2 rings (SSSR count). The highest BCUT2D eigenvalue weighted by Crippen LogP contribution is 2.13. The summed E-state index contributed by atoms with van der Waals surface area (Å²) in [5.74, 6) is -0.248. The van der Waals surface area contributed by atoms with Crippen molar-refractivity contribution in [1.82, 2.24) is 4.98 Å². The lowest BCUT2D eigenvalue weighted by Crippen LogP contribution is -1.74. The molecule has 1 aromatic heterocycles. The summed E-state index contributed by atoms with van der Waals surface area (Å²) in [6.45, 7) is 0. The predicted molar refractivity (Wildman–Crippen MR) is 37.1 cm³/mol. The third-order valence-corrected chi connectivity index (χ3v) is 1.47. The highest BCUT2D eigenvalue weighted by Gasteiger charge is 1.97. The van der Waals surface area contributed by atoms with Gasteiger partial charge in [0.15, 0.2) is 0 Å². The van der Waals surface area contributed by atoms with Crippen LogP contribution in [0.5, 0.6) is 0 Å². The van der Waals surface area contributed by atoms with Crippen molar-refractivity contribution in [3.05, 3.63) is 36.3 Å². The summed E-state index contributed by atoms with van der Waals surface area (Å²) in [5.41, 5.74) is 0.554. The third kappa shape index (κ3) is 0.620. The number of nitrogens with one attached hydrogen (secondary N) is 1. The van der Waals surface area contributed by atoms with Gasteiger partial charge in [0.2, 0.25) is 0 Å². The molecule has 0 saturated carbocycles. The molecule has 0 unspecified atom stereocenters. The molecule has 1 aromatic carbocycles. The van der Waals surface area contributed by atoms with Gasteiger partial charge in [0.1, 0.15) is 5.82 Å². The molecule has 1 radical (unpaired) electrons. The van der Waals surface area contributed by atoms with Gasteiger partial charge in [0.25, 0.3) is 0 Å². The van der Waals surface area contributed by atoms with E-state index in [1.807, 2.05) is 6.07 Å². The van der Waals surface area contributed by atoms with E-state index in [4.69, 9.17) is 0 Å². The number of fused-ring (bicyclic) bond motifs is 1. The Bertz CT molecular complexity index is 351. The first-order chi connectivity index (χ1) is 4.88. The van der Waals surface area contributed by atoms with Crippen LogP contribution in [0.25, 0.3) is 10.9 Å². The number of hydrogen-bond donors (Lipinski definition) is 1. The maximum Gasteiger partial charge on any atom is 0.147 e. The maximum absolute atomic E-state index is 12.8. The van der Waals surface area contributed by atoms with Crippen LogP contribution in [-0.4, -0.2) is 4.98 Å². The summed E-state index contributed by atoms with van der Waals surface area (Å²) >= 11 is 0. The monoisotopic (exact) mass is 134 g/mol. The van der Waals surface area contributed by atoms with E-state index in [9.17, 15) is 4.39 Å². The molecule has 2 aromatic rings. The smallest absolute Gasteiger partial charge is 0.147 e. The molecule has 1 heterocycles. The van der Waals surface area contributed by atoms with Gasteiger partial charge in [-0.15, -0.1) is 0 Å². The van der Waals surface area contributed by atoms with Crippen molar-refractivity contribution >= 4 is 10.9 Å². The second kappa shape index (κ2) is 1.84. The Labute approximate surface area is 57.5 Å². The van der Waals surface area contributed by atoms with Crippen molar-refractivity contribution in [2.24, 2.45) is 0 Å². The van der Waals surface area contributed by atoms with E-state index in [1.54, 1.807) is 12.3 Å². The molecule has 0 bridgehead atoms. The molecule has 0 saturated heterocycles. The molecule has 0 aliphatic heterocycles. The van der Waals surface area contributed by atoms with Crippen LogP contribution in [0, 0.1) is 11.9 Å². The first-order valence-corrected chi connectivity index (χ1v) is 3.00. The van der Waals surface area contributed by atoms with E-state index in [-0.39, 0.29) is 5.82 Å². The largest absolute Gasteiger partial charge is 0.359 e. The highest BCUT2D eigenvalue weighted by atomic mass is 19.1. The van der Waals surface area contributed by atoms with Crippen LogP contribution in [0.1, 0.15) is 0 Å². The van der Waals surface area contributed by atoms with Crippen molar-refractivity contribution < 1.29 is 4.39 Å². The second-order valence-corrected chi connectivity index (χ2v) is 2.11.